The highest BCUT2D eigenvalue weighted by atomic mass is 16.6. The van der Waals surface area contributed by atoms with Gasteiger partial charge in [0.2, 0.25) is 0 Å². The van der Waals surface area contributed by atoms with E-state index in [9.17, 15) is 4.79 Å². The van der Waals surface area contributed by atoms with E-state index in [0.717, 1.165) is 5.56 Å². The number of rotatable bonds is 2. The summed E-state index contributed by atoms with van der Waals surface area (Å²) in [5, 5.41) is 3.92. The first-order chi connectivity index (χ1) is 12.7. The summed E-state index contributed by atoms with van der Waals surface area (Å²) in [7, 11) is 0. The molecule has 0 fully saturated rings. The molecule has 0 radical (unpaired) electrons. The molecule has 2 amide bonds. The van der Waals surface area contributed by atoms with Crippen LogP contribution in [-0.2, 0) is 14.2 Å². The molecule has 0 aromatic heterocycles. The zero-order valence-electron chi connectivity index (χ0n) is 14.9. The number of benzene rings is 1. The summed E-state index contributed by atoms with van der Waals surface area (Å²) in [4.78, 5) is 10.8. The first kappa shape index (κ1) is 20.0. The molecular formula is C17H25N3O6. The number of carbonyl (C=O) groups is 1. The maximum absolute atomic E-state index is 10.8. The van der Waals surface area contributed by atoms with Crippen LogP contribution in [0.4, 0.5) is 4.79 Å². The van der Waals surface area contributed by atoms with Crippen LogP contribution in [0.1, 0.15) is 12.5 Å². The van der Waals surface area contributed by atoms with Gasteiger partial charge in [-0.25, -0.2) is 10.2 Å². The Morgan fingerprint density at radius 2 is 1.46 bits per heavy atom. The van der Waals surface area contributed by atoms with Gasteiger partial charge in [0, 0.05) is 5.56 Å². The summed E-state index contributed by atoms with van der Waals surface area (Å²) < 4.78 is 27.8. The van der Waals surface area contributed by atoms with Crippen molar-refractivity contribution in [1.82, 2.24) is 5.43 Å². The van der Waals surface area contributed by atoms with Gasteiger partial charge in [0.05, 0.1) is 45.4 Å². The molecule has 1 aromatic carbocycles. The van der Waals surface area contributed by atoms with Crippen LogP contribution < -0.4 is 20.6 Å². The minimum Gasteiger partial charge on any atom is -0.487 e. The van der Waals surface area contributed by atoms with Gasteiger partial charge in [-0.05, 0) is 25.1 Å². The fourth-order valence-corrected chi connectivity index (χ4v) is 2.13. The third-order valence-electron chi connectivity index (χ3n) is 3.41. The highest BCUT2D eigenvalue weighted by Crippen LogP contribution is 2.28. The predicted molar refractivity (Wildman–Crippen MR) is 94.8 cm³/mol. The molecule has 1 heterocycles. The molecule has 1 aromatic rings. The van der Waals surface area contributed by atoms with E-state index in [0.29, 0.717) is 70.1 Å². The number of urea groups is 1. The van der Waals surface area contributed by atoms with Gasteiger partial charge in [-0.2, -0.15) is 5.10 Å². The standard InChI is InChI=1S/C17H25N3O6/c1-13(19-20-17(18)21)14-2-3-15-16(12-14)26-11-9-24-7-5-22-4-6-23-8-10-25-15/h2-3,12H,4-11H2,1H3,(H3,18,20,21)/b19-13-. The minimum atomic E-state index is -0.723. The lowest BCUT2D eigenvalue weighted by Gasteiger charge is -2.14. The van der Waals surface area contributed by atoms with Crippen LogP contribution in [0.3, 0.4) is 0 Å². The number of hydrogen-bond donors (Lipinski definition) is 2. The Hall–Kier alpha value is -2.36. The number of amides is 2. The third-order valence-corrected chi connectivity index (χ3v) is 3.41. The second-order valence-corrected chi connectivity index (χ2v) is 5.37. The van der Waals surface area contributed by atoms with E-state index >= 15 is 0 Å². The second-order valence-electron chi connectivity index (χ2n) is 5.37. The van der Waals surface area contributed by atoms with Gasteiger partial charge in [0.25, 0.3) is 0 Å². The molecule has 0 aliphatic carbocycles. The van der Waals surface area contributed by atoms with Crippen LogP contribution in [0, 0.1) is 0 Å². The van der Waals surface area contributed by atoms with Crippen molar-refractivity contribution in [3.05, 3.63) is 23.8 Å². The highest BCUT2D eigenvalue weighted by Gasteiger charge is 2.10. The van der Waals surface area contributed by atoms with Gasteiger partial charge in [-0.15, -0.1) is 0 Å². The van der Waals surface area contributed by atoms with Gasteiger partial charge in [-0.3, -0.25) is 0 Å². The van der Waals surface area contributed by atoms with Gasteiger partial charge in [0.15, 0.2) is 11.5 Å². The quantitative estimate of drug-likeness (QED) is 0.593. The molecule has 0 atom stereocenters. The number of carbonyl (C=O) groups excluding carboxylic acids is 1. The van der Waals surface area contributed by atoms with Crippen molar-refractivity contribution in [2.75, 3.05) is 52.9 Å². The van der Waals surface area contributed by atoms with Gasteiger partial charge in [0.1, 0.15) is 13.2 Å². The molecule has 1 aliphatic rings. The zero-order chi connectivity index (χ0) is 18.6. The molecule has 3 N–H and O–H groups in total. The van der Waals surface area contributed by atoms with E-state index < -0.39 is 6.03 Å². The first-order valence-electron chi connectivity index (χ1n) is 8.40. The van der Waals surface area contributed by atoms with Crippen molar-refractivity contribution in [2.24, 2.45) is 10.8 Å². The Labute approximate surface area is 152 Å². The van der Waals surface area contributed by atoms with Crippen molar-refractivity contribution in [1.29, 1.82) is 0 Å². The molecule has 0 spiro atoms. The summed E-state index contributed by atoms with van der Waals surface area (Å²) in [6.45, 7) is 5.44. The van der Waals surface area contributed by atoms with Crippen LogP contribution >= 0.6 is 0 Å². The van der Waals surface area contributed by atoms with E-state index in [4.69, 9.17) is 29.4 Å². The minimum absolute atomic E-state index is 0.367. The van der Waals surface area contributed by atoms with Crippen molar-refractivity contribution in [3.63, 3.8) is 0 Å². The molecule has 144 valence electrons. The molecule has 26 heavy (non-hydrogen) atoms. The van der Waals surface area contributed by atoms with Crippen molar-refractivity contribution >= 4 is 11.7 Å². The number of hydrogen-bond acceptors (Lipinski definition) is 7. The Balaban J connectivity index is 2.08. The Morgan fingerprint density at radius 1 is 0.923 bits per heavy atom. The smallest absolute Gasteiger partial charge is 0.332 e. The number of ether oxygens (including phenoxy) is 5. The largest absolute Gasteiger partial charge is 0.487 e. The Kier molecular flexibility index (Phi) is 8.67. The molecular weight excluding hydrogens is 342 g/mol. The van der Waals surface area contributed by atoms with E-state index in [1.807, 2.05) is 6.07 Å². The lowest BCUT2D eigenvalue weighted by Crippen LogP contribution is -2.25. The third kappa shape index (κ3) is 7.26. The van der Waals surface area contributed by atoms with Crippen LogP contribution in [0.15, 0.2) is 23.3 Å². The number of nitrogens with one attached hydrogen (secondary N) is 1. The number of primary amides is 1. The summed E-state index contributed by atoms with van der Waals surface area (Å²) >= 11 is 0. The fraction of sp³-hybridized carbons (Fsp3) is 0.529. The zero-order valence-corrected chi connectivity index (χ0v) is 14.9. The van der Waals surface area contributed by atoms with Crippen molar-refractivity contribution in [3.8, 4) is 11.5 Å². The Morgan fingerprint density at radius 3 is 2.04 bits per heavy atom. The van der Waals surface area contributed by atoms with E-state index in [-0.39, 0.29) is 0 Å². The molecule has 2 rings (SSSR count). The average molecular weight is 367 g/mol. The summed E-state index contributed by atoms with van der Waals surface area (Å²) in [6.07, 6.45) is 0. The van der Waals surface area contributed by atoms with Crippen LogP contribution in [-0.4, -0.2) is 64.6 Å². The lowest BCUT2D eigenvalue weighted by atomic mass is 10.1. The highest BCUT2D eigenvalue weighted by molar-refractivity contribution is 5.99. The normalized spacial score (nSPS) is 17.7. The number of nitrogens with two attached hydrogens (primary N) is 1. The molecule has 0 unspecified atom stereocenters. The first-order valence-corrected chi connectivity index (χ1v) is 8.40. The summed E-state index contributed by atoms with van der Waals surface area (Å²) in [5.74, 6) is 1.16. The molecule has 0 saturated heterocycles. The maximum atomic E-state index is 10.8. The Bertz CT molecular complexity index is 608. The van der Waals surface area contributed by atoms with Gasteiger partial charge < -0.3 is 29.4 Å². The van der Waals surface area contributed by atoms with Crippen LogP contribution in [0.2, 0.25) is 0 Å². The monoisotopic (exact) mass is 367 g/mol. The van der Waals surface area contributed by atoms with Gasteiger partial charge >= 0.3 is 6.03 Å². The molecule has 0 saturated carbocycles. The number of nitrogens with zero attached hydrogens (tertiary/aromatic N) is 1. The lowest BCUT2D eigenvalue weighted by molar-refractivity contribution is 0.00708. The molecule has 0 bridgehead atoms. The maximum Gasteiger partial charge on any atom is 0.332 e. The summed E-state index contributed by atoms with van der Waals surface area (Å²) in [6, 6.07) is 4.68. The molecule has 9 nitrogen and oxygen atoms in total. The van der Waals surface area contributed by atoms with Crippen molar-refractivity contribution in [2.45, 2.75) is 6.92 Å². The van der Waals surface area contributed by atoms with E-state index in [1.54, 1.807) is 19.1 Å². The van der Waals surface area contributed by atoms with E-state index in [1.165, 1.54) is 0 Å². The SMILES string of the molecule is C/C(=N/NC(N)=O)c1ccc2c(c1)OCCOCCOCCOCCO2. The van der Waals surface area contributed by atoms with Gasteiger partial charge in [-0.1, -0.05) is 0 Å². The summed E-state index contributed by atoms with van der Waals surface area (Å²) in [5.41, 5.74) is 8.58. The van der Waals surface area contributed by atoms with Crippen LogP contribution in [0.5, 0.6) is 11.5 Å². The second kappa shape index (κ2) is 11.3. The predicted octanol–water partition coefficient (Wildman–Crippen LogP) is 0.900. The van der Waals surface area contributed by atoms with Crippen molar-refractivity contribution < 1.29 is 28.5 Å². The average Bonchev–Trinajstić information content (AvgIpc) is 2.64. The van der Waals surface area contributed by atoms with Crippen LogP contribution in [0.25, 0.3) is 0 Å². The topological polar surface area (TPSA) is 114 Å². The molecule has 9 heteroatoms. The number of fused-ring (bicyclic) bond motifs is 1. The fourth-order valence-electron chi connectivity index (χ4n) is 2.13. The van der Waals surface area contributed by atoms with E-state index in [2.05, 4.69) is 10.5 Å². The molecule has 1 aliphatic heterocycles. The number of hydrazone groups is 1.